The van der Waals surface area contributed by atoms with E-state index in [0.29, 0.717) is 23.0 Å². The molecule has 13 heteroatoms. The predicted octanol–water partition coefficient (Wildman–Crippen LogP) is 5.51. The maximum atomic E-state index is 13.6. The van der Waals surface area contributed by atoms with Gasteiger partial charge in [-0.1, -0.05) is 12.1 Å². The molecule has 0 unspecified atom stereocenters. The number of hydrogen-bond donors (Lipinski definition) is 1. The molecule has 2 aromatic heterocycles. The van der Waals surface area contributed by atoms with Crippen molar-refractivity contribution in [3.05, 3.63) is 63.0 Å². The number of ether oxygens (including phenoxy) is 2. The van der Waals surface area contributed by atoms with Gasteiger partial charge in [-0.25, -0.2) is 18.3 Å². The molecule has 7 nitrogen and oxygen atoms in total. The van der Waals surface area contributed by atoms with Crippen LogP contribution in [0.2, 0.25) is 0 Å². The highest BCUT2D eigenvalue weighted by atomic mass is 32.1. The van der Waals surface area contributed by atoms with Crippen LogP contribution in [0.3, 0.4) is 0 Å². The molecule has 2 heterocycles. The topological polar surface area (TPSA) is 82.5 Å². The number of halogens is 5. The zero-order valence-electron chi connectivity index (χ0n) is 17.9. The lowest BCUT2D eigenvalue weighted by molar-refractivity contribution is -0.134. The summed E-state index contributed by atoms with van der Waals surface area (Å²) in [6.07, 6.45) is -7.75. The summed E-state index contributed by atoms with van der Waals surface area (Å²) in [6.45, 7) is 1.58. The average molecular weight is 503 g/mol. The van der Waals surface area contributed by atoms with Crippen molar-refractivity contribution in [2.75, 3.05) is 7.11 Å². The third-order valence-electron chi connectivity index (χ3n) is 4.70. The molecule has 0 aliphatic heterocycles. The summed E-state index contributed by atoms with van der Waals surface area (Å²) in [5.74, 6) is -2.23. The number of benzene rings is 1. The van der Waals surface area contributed by atoms with E-state index < -0.39 is 52.5 Å². The first-order chi connectivity index (χ1) is 15.9. The van der Waals surface area contributed by atoms with E-state index in [2.05, 4.69) is 15.2 Å². The van der Waals surface area contributed by atoms with Crippen LogP contribution < -0.4 is 10.1 Å². The summed E-state index contributed by atoms with van der Waals surface area (Å²) in [7, 11) is 2.46. The molecular weight excluding hydrogens is 485 g/mol. The second-order valence-electron chi connectivity index (χ2n) is 7.04. The van der Waals surface area contributed by atoms with Gasteiger partial charge in [0, 0.05) is 18.5 Å². The fraction of sp³-hybridized carbons (Fsp3) is 0.286. The molecule has 1 aromatic carbocycles. The van der Waals surface area contributed by atoms with Gasteiger partial charge >= 0.3 is 12.1 Å². The Kier molecular flexibility index (Phi) is 7.24. The molecule has 0 bridgehead atoms. The van der Waals surface area contributed by atoms with E-state index in [-0.39, 0.29) is 11.3 Å². The van der Waals surface area contributed by atoms with E-state index in [1.54, 1.807) is 19.1 Å². The van der Waals surface area contributed by atoms with Gasteiger partial charge in [0.2, 0.25) is 5.88 Å². The van der Waals surface area contributed by atoms with Gasteiger partial charge in [0.25, 0.3) is 12.3 Å². The third kappa shape index (κ3) is 5.35. The molecule has 0 spiro atoms. The number of thiophene rings is 1. The van der Waals surface area contributed by atoms with Crippen LogP contribution in [0.4, 0.5) is 22.0 Å². The molecule has 182 valence electrons. The van der Waals surface area contributed by atoms with E-state index in [1.807, 2.05) is 0 Å². The first kappa shape index (κ1) is 25.1. The van der Waals surface area contributed by atoms with Crippen LogP contribution in [0.15, 0.2) is 35.7 Å². The lowest BCUT2D eigenvalue weighted by atomic mass is 10.1. The summed E-state index contributed by atoms with van der Waals surface area (Å²) in [4.78, 5) is 23.5. The standard InChI is InChI=1S/C21H18F5N3O4S/c1-10(11-4-6-12(7-5-11)20(31)32-3)27-18(30)15-16(17(22)23)28-29(2)19(15)33-13-8-14(34-9-13)21(24,25)26/h4-10,17H,1-3H3,(H,27,30)/t10-/m0/s1. The maximum absolute atomic E-state index is 13.6. The number of carbonyl (C=O) groups excluding carboxylic acids is 2. The van der Waals surface area contributed by atoms with E-state index >= 15 is 0 Å². The van der Waals surface area contributed by atoms with E-state index in [1.165, 1.54) is 26.3 Å². The monoisotopic (exact) mass is 503 g/mol. The molecule has 1 N–H and O–H groups in total. The Labute approximate surface area is 194 Å². The van der Waals surface area contributed by atoms with Crippen LogP contribution in [-0.4, -0.2) is 28.8 Å². The highest BCUT2D eigenvalue weighted by Crippen LogP contribution is 2.39. The smallest absolute Gasteiger partial charge is 0.425 e. The van der Waals surface area contributed by atoms with Crippen molar-refractivity contribution in [2.24, 2.45) is 7.05 Å². The van der Waals surface area contributed by atoms with Gasteiger partial charge in [0.1, 0.15) is 21.9 Å². The molecule has 34 heavy (non-hydrogen) atoms. The number of amides is 1. The van der Waals surface area contributed by atoms with Crippen molar-refractivity contribution >= 4 is 23.2 Å². The molecule has 0 fully saturated rings. The first-order valence-electron chi connectivity index (χ1n) is 9.60. The van der Waals surface area contributed by atoms with E-state index in [0.717, 1.165) is 10.1 Å². The Morgan fingerprint density at radius 2 is 1.82 bits per heavy atom. The number of hydrogen-bond acceptors (Lipinski definition) is 6. The second kappa shape index (κ2) is 9.79. The minimum absolute atomic E-state index is 0.276. The van der Waals surface area contributed by atoms with Gasteiger partial charge in [-0.3, -0.25) is 4.79 Å². The number of nitrogens with zero attached hydrogens (tertiary/aromatic N) is 2. The number of aromatic nitrogens is 2. The highest BCUT2D eigenvalue weighted by molar-refractivity contribution is 7.10. The van der Waals surface area contributed by atoms with Crippen LogP contribution in [0.1, 0.15) is 56.2 Å². The van der Waals surface area contributed by atoms with Crippen molar-refractivity contribution < 1.29 is 41.0 Å². The molecule has 3 rings (SSSR count). The molecule has 3 aromatic rings. The number of methoxy groups -OCH3 is 1. The molecule has 0 radical (unpaired) electrons. The fourth-order valence-electron chi connectivity index (χ4n) is 3.02. The van der Waals surface area contributed by atoms with Crippen LogP contribution in [0, 0.1) is 0 Å². The fourth-order valence-corrected chi connectivity index (χ4v) is 3.70. The summed E-state index contributed by atoms with van der Waals surface area (Å²) in [5.41, 5.74) is -0.648. The van der Waals surface area contributed by atoms with Crippen LogP contribution in [0.25, 0.3) is 0 Å². The van der Waals surface area contributed by atoms with Gasteiger partial charge in [-0.05, 0) is 24.6 Å². The lowest BCUT2D eigenvalue weighted by Gasteiger charge is -2.15. The Balaban J connectivity index is 1.88. The predicted molar refractivity (Wildman–Crippen MR) is 111 cm³/mol. The average Bonchev–Trinajstić information content (AvgIpc) is 3.38. The SMILES string of the molecule is COC(=O)c1ccc([C@H](C)NC(=O)c2c(C(F)F)nn(C)c2Oc2csc(C(F)(F)F)c2)cc1. The zero-order chi connectivity index (χ0) is 25.2. The van der Waals surface area contributed by atoms with Crippen LogP contribution in [0.5, 0.6) is 11.6 Å². The van der Waals surface area contributed by atoms with Crippen molar-refractivity contribution in [3.63, 3.8) is 0 Å². The third-order valence-corrected chi connectivity index (χ3v) is 5.66. The van der Waals surface area contributed by atoms with Crippen molar-refractivity contribution in [1.29, 1.82) is 0 Å². The number of esters is 1. The largest absolute Gasteiger partial charge is 0.465 e. The number of carbonyl (C=O) groups is 2. The van der Waals surface area contributed by atoms with Gasteiger partial charge < -0.3 is 14.8 Å². The van der Waals surface area contributed by atoms with Gasteiger partial charge in [0.05, 0.1) is 18.7 Å². The molecule has 0 saturated carbocycles. The Morgan fingerprint density at radius 3 is 2.35 bits per heavy atom. The van der Waals surface area contributed by atoms with Crippen molar-refractivity contribution in [1.82, 2.24) is 15.1 Å². The molecule has 0 aliphatic rings. The molecule has 0 saturated heterocycles. The number of aryl methyl sites for hydroxylation is 1. The Morgan fingerprint density at radius 1 is 1.18 bits per heavy atom. The highest BCUT2D eigenvalue weighted by Gasteiger charge is 2.34. The van der Waals surface area contributed by atoms with Crippen molar-refractivity contribution in [2.45, 2.75) is 25.6 Å². The number of alkyl halides is 5. The zero-order valence-corrected chi connectivity index (χ0v) is 18.8. The molecule has 0 aliphatic carbocycles. The summed E-state index contributed by atoms with van der Waals surface area (Å²) < 4.78 is 76.7. The minimum Gasteiger partial charge on any atom is -0.465 e. The lowest BCUT2D eigenvalue weighted by Crippen LogP contribution is -2.27. The van der Waals surface area contributed by atoms with Gasteiger partial charge in [0.15, 0.2) is 0 Å². The Bertz CT molecular complexity index is 1190. The van der Waals surface area contributed by atoms with Gasteiger partial charge in [-0.15, -0.1) is 11.3 Å². The molecule has 1 amide bonds. The quantitative estimate of drug-likeness (QED) is 0.340. The van der Waals surface area contributed by atoms with Crippen molar-refractivity contribution in [3.8, 4) is 11.6 Å². The number of rotatable bonds is 7. The second-order valence-corrected chi connectivity index (χ2v) is 7.96. The summed E-state index contributed by atoms with van der Waals surface area (Å²) in [6, 6.07) is 6.07. The molecular formula is C21H18F5N3O4S. The summed E-state index contributed by atoms with van der Waals surface area (Å²) in [5, 5.41) is 7.20. The normalized spacial score (nSPS) is 12.5. The van der Waals surface area contributed by atoms with Crippen LogP contribution >= 0.6 is 11.3 Å². The van der Waals surface area contributed by atoms with Crippen LogP contribution in [-0.2, 0) is 18.0 Å². The maximum Gasteiger partial charge on any atom is 0.425 e. The van der Waals surface area contributed by atoms with Gasteiger partial charge in [-0.2, -0.15) is 18.3 Å². The molecule has 1 atom stereocenters. The Hall–Kier alpha value is -3.48. The number of nitrogens with one attached hydrogen (secondary N) is 1. The first-order valence-corrected chi connectivity index (χ1v) is 10.5. The minimum atomic E-state index is -4.61. The van der Waals surface area contributed by atoms with E-state index in [9.17, 15) is 31.5 Å². The van der Waals surface area contributed by atoms with E-state index in [4.69, 9.17) is 4.74 Å². The summed E-state index contributed by atoms with van der Waals surface area (Å²) >= 11 is 0.360.